The van der Waals surface area contributed by atoms with Crippen LogP contribution >= 0.6 is 11.8 Å². The lowest BCUT2D eigenvalue weighted by molar-refractivity contribution is -0.644. The number of thioether (sulfide) groups is 1. The molecule has 2 aromatic carbocycles. The normalized spacial score (nSPS) is 14.9. The van der Waals surface area contributed by atoms with Crippen molar-refractivity contribution in [1.29, 1.82) is 0 Å². The van der Waals surface area contributed by atoms with Crippen LogP contribution in [0.3, 0.4) is 0 Å². The molecule has 0 radical (unpaired) electrons. The number of aliphatic hydroxyl groups is 1. The van der Waals surface area contributed by atoms with Gasteiger partial charge in [0.1, 0.15) is 7.05 Å². The zero-order valence-electron chi connectivity index (χ0n) is 20.4. The number of anilines is 1. The van der Waals surface area contributed by atoms with E-state index in [1.165, 1.54) is 26.9 Å². The number of hydrogen-bond acceptors (Lipinski definition) is 6. The largest absolute Gasteiger partial charge is 0.394 e. The van der Waals surface area contributed by atoms with Gasteiger partial charge in [-0.1, -0.05) is 30.0 Å². The second-order valence-electron chi connectivity index (χ2n) is 8.64. The molecule has 35 heavy (non-hydrogen) atoms. The molecule has 1 aromatic heterocycles. The predicted octanol–water partition coefficient (Wildman–Crippen LogP) is 2.60. The number of nitrogens with one attached hydrogen (secondary N) is 1. The van der Waals surface area contributed by atoms with E-state index in [0.29, 0.717) is 39.5 Å². The molecule has 0 saturated carbocycles. The van der Waals surface area contributed by atoms with E-state index in [2.05, 4.69) is 77.4 Å². The first kappa shape index (κ1) is 25.4. The number of aliphatic hydroxyl groups excluding tert-OH is 1. The van der Waals surface area contributed by atoms with Crippen LogP contribution in [0.25, 0.3) is 10.9 Å². The summed E-state index contributed by atoms with van der Waals surface area (Å²) >= 11 is 1.82. The Kier molecular flexibility index (Phi) is 8.98. The summed E-state index contributed by atoms with van der Waals surface area (Å²) in [5.41, 5.74) is 4.85. The maximum Gasteiger partial charge on any atom is 0.239 e. The quantitative estimate of drug-likeness (QED) is 0.297. The number of carbonyl (C=O) groups excluding carboxylic acids is 1. The lowest BCUT2D eigenvalue weighted by atomic mass is 10.0. The molecule has 186 valence electrons. The van der Waals surface area contributed by atoms with E-state index in [1.807, 2.05) is 17.8 Å². The second-order valence-corrected chi connectivity index (χ2v) is 9.86. The van der Waals surface area contributed by atoms with Gasteiger partial charge in [-0.3, -0.25) is 4.79 Å². The maximum absolute atomic E-state index is 12.8. The van der Waals surface area contributed by atoms with Crippen LogP contribution in [0.15, 0.2) is 59.6 Å². The Bertz CT molecular complexity index is 1160. The zero-order valence-corrected chi connectivity index (χ0v) is 21.2. The summed E-state index contributed by atoms with van der Waals surface area (Å²) in [5.74, 6) is -0.0209. The van der Waals surface area contributed by atoms with Crippen molar-refractivity contribution in [2.45, 2.75) is 23.6 Å². The molecule has 1 amide bonds. The van der Waals surface area contributed by atoms with Gasteiger partial charge in [0.05, 0.1) is 50.6 Å². The van der Waals surface area contributed by atoms with E-state index in [4.69, 9.17) is 14.6 Å². The average molecular weight is 497 g/mol. The van der Waals surface area contributed by atoms with E-state index in [9.17, 15) is 4.79 Å². The minimum atomic E-state index is -0.0209. The fourth-order valence-corrected chi connectivity index (χ4v) is 5.64. The molecule has 3 aromatic rings. The minimum absolute atomic E-state index is 0.00768. The van der Waals surface area contributed by atoms with Gasteiger partial charge >= 0.3 is 0 Å². The van der Waals surface area contributed by atoms with Crippen LogP contribution in [0, 0.1) is 6.92 Å². The van der Waals surface area contributed by atoms with Crippen LogP contribution in [-0.4, -0.2) is 62.5 Å². The summed E-state index contributed by atoms with van der Waals surface area (Å²) in [7, 11) is 2.08. The molecule has 1 aliphatic rings. The van der Waals surface area contributed by atoms with Gasteiger partial charge in [-0.2, -0.15) is 0 Å². The van der Waals surface area contributed by atoms with Crippen molar-refractivity contribution in [3.05, 3.63) is 65.9 Å². The number of aryl methyl sites for hydroxylation is 2. The first-order valence-electron chi connectivity index (χ1n) is 12.0. The summed E-state index contributed by atoms with van der Waals surface area (Å²) in [4.78, 5) is 16.2. The van der Waals surface area contributed by atoms with Gasteiger partial charge in [-0.15, -0.1) is 0 Å². The lowest BCUT2D eigenvalue weighted by Gasteiger charge is -2.26. The highest BCUT2D eigenvalue weighted by Crippen LogP contribution is 2.44. The maximum atomic E-state index is 12.8. The van der Waals surface area contributed by atoms with Gasteiger partial charge in [-0.05, 0) is 36.2 Å². The third kappa shape index (κ3) is 6.52. The molecule has 8 heteroatoms. The lowest BCUT2D eigenvalue weighted by Crippen LogP contribution is -2.42. The van der Waals surface area contributed by atoms with E-state index in [0.717, 1.165) is 12.1 Å². The highest BCUT2D eigenvalue weighted by atomic mass is 32.2. The molecule has 0 saturated heterocycles. The summed E-state index contributed by atoms with van der Waals surface area (Å²) in [5, 5.41) is 13.1. The SMILES string of the molecule is Cc1ccc2c(CC3Sc4ccccc4N3CC(=O)NCCOCCOCCO)cc[n+](C)c2c1. The molecule has 0 aliphatic carbocycles. The molecule has 2 heterocycles. The number of nitrogens with zero attached hydrogens (tertiary/aromatic N) is 2. The van der Waals surface area contributed by atoms with Crippen LogP contribution in [0.5, 0.6) is 0 Å². The average Bonchev–Trinajstić information content (AvgIpc) is 3.19. The number of amides is 1. The third-order valence-corrected chi connectivity index (χ3v) is 7.34. The van der Waals surface area contributed by atoms with Crippen molar-refractivity contribution in [3.8, 4) is 0 Å². The number of hydrogen-bond donors (Lipinski definition) is 2. The fourth-order valence-electron chi connectivity index (χ4n) is 4.30. The summed E-state index contributed by atoms with van der Waals surface area (Å²) in [6.45, 7) is 4.49. The fraction of sp³-hybridized carbons (Fsp3) is 0.407. The summed E-state index contributed by atoms with van der Waals surface area (Å²) < 4.78 is 12.8. The minimum Gasteiger partial charge on any atom is -0.394 e. The Morgan fingerprint density at radius 1 is 1.11 bits per heavy atom. The smallest absolute Gasteiger partial charge is 0.239 e. The second kappa shape index (κ2) is 12.4. The van der Waals surface area contributed by atoms with Crippen molar-refractivity contribution >= 4 is 34.3 Å². The number of rotatable bonds is 12. The molecule has 4 rings (SSSR count). The summed E-state index contributed by atoms with van der Waals surface area (Å²) in [6.07, 6.45) is 2.96. The summed E-state index contributed by atoms with van der Waals surface area (Å²) in [6, 6.07) is 17.1. The van der Waals surface area contributed by atoms with Crippen molar-refractivity contribution in [1.82, 2.24) is 5.32 Å². The monoisotopic (exact) mass is 496 g/mol. The van der Waals surface area contributed by atoms with Gasteiger partial charge in [0.25, 0.3) is 0 Å². The molecule has 1 atom stereocenters. The molecule has 0 bridgehead atoms. The molecule has 0 fully saturated rings. The number of para-hydroxylation sites is 1. The number of pyridine rings is 1. The van der Waals surface area contributed by atoms with Crippen LogP contribution in [0.1, 0.15) is 11.1 Å². The molecule has 0 spiro atoms. The number of ether oxygens (including phenoxy) is 2. The number of benzene rings is 2. The van der Waals surface area contributed by atoms with Crippen molar-refractivity contribution in [3.63, 3.8) is 0 Å². The Hall–Kier alpha value is -2.65. The number of aromatic nitrogens is 1. The van der Waals surface area contributed by atoms with E-state index in [1.54, 1.807) is 0 Å². The topological polar surface area (TPSA) is 74.9 Å². The molecule has 7 nitrogen and oxygen atoms in total. The van der Waals surface area contributed by atoms with Gasteiger partial charge in [0.15, 0.2) is 6.20 Å². The molecule has 1 unspecified atom stereocenters. The van der Waals surface area contributed by atoms with Gasteiger partial charge < -0.3 is 24.8 Å². The van der Waals surface area contributed by atoms with Crippen molar-refractivity contribution in [2.24, 2.45) is 7.05 Å². The highest BCUT2D eigenvalue weighted by molar-refractivity contribution is 8.00. The third-order valence-electron chi connectivity index (χ3n) is 6.05. The van der Waals surface area contributed by atoms with E-state index < -0.39 is 0 Å². The van der Waals surface area contributed by atoms with Crippen LogP contribution in [0.2, 0.25) is 0 Å². The van der Waals surface area contributed by atoms with Crippen LogP contribution in [0.4, 0.5) is 5.69 Å². The first-order valence-corrected chi connectivity index (χ1v) is 12.9. The predicted molar refractivity (Wildman–Crippen MR) is 139 cm³/mol. The van der Waals surface area contributed by atoms with Crippen molar-refractivity contribution < 1.29 is 23.9 Å². The van der Waals surface area contributed by atoms with Crippen LogP contribution < -0.4 is 14.8 Å². The zero-order chi connectivity index (χ0) is 24.6. The van der Waals surface area contributed by atoms with Gasteiger partial charge in [0, 0.05) is 35.4 Å². The van der Waals surface area contributed by atoms with Gasteiger partial charge in [-0.25, -0.2) is 4.57 Å². The Labute approximate surface area is 211 Å². The molecule has 1 aliphatic heterocycles. The van der Waals surface area contributed by atoms with Gasteiger partial charge in [0.2, 0.25) is 11.4 Å². The molecular formula is C27H34N3O4S+. The number of fused-ring (bicyclic) bond motifs is 2. The van der Waals surface area contributed by atoms with E-state index >= 15 is 0 Å². The molecular weight excluding hydrogens is 462 g/mol. The standard InChI is InChI=1S/C27H33N3O4S/c1-20-7-8-22-21(9-11-29(2)24(22)17-20)18-27-30(23-5-3-4-6-25(23)35-27)19-26(32)28-10-13-33-15-16-34-14-12-31/h3-9,11,17,27,31H,10,12-16,18-19H2,1-2H3/p+1. The number of carbonyl (C=O) groups is 1. The Morgan fingerprint density at radius 3 is 2.74 bits per heavy atom. The van der Waals surface area contributed by atoms with Crippen molar-refractivity contribution in [2.75, 3.05) is 51.0 Å². The van der Waals surface area contributed by atoms with E-state index in [-0.39, 0.29) is 17.9 Å². The highest BCUT2D eigenvalue weighted by Gasteiger charge is 2.32. The Balaban J connectivity index is 1.40. The Morgan fingerprint density at radius 2 is 1.91 bits per heavy atom. The first-order chi connectivity index (χ1) is 17.1. The van der Waals surface area contributed by atoms with Crippen LogP contribution in [-0.2, 0) is 27.7 Å². The molecule has 2 N–H and O–H groups in total.